The average molecular weight is 214 g/mol. The molecule has 1 aromatic carbocycles. The number of carbonyl (C=O) groups excluding carboxylic acids is 1. The van der Waals surface area contributed by atoms with Crippen molar-refractivity contribution >= 4 is 6.29 Å². The Balaban J connectivity index is 2.95. The second kappa shape index (κ2) is 5.56. The molecule has 2 nitrogen and oxygen atoms in total. The van der Waals surface area contributed by atoms with Crippen molar-refractivity contribution in [3.63, 3.8) is 0 Å². The number of rotatable bonds is 5. The van der Waals surface area contributed by atoms with Gasteiger partial charge in [0.05, 0.1) is 6.61 Å². The lowest BCUT2D eigenvalue weighted by atomic mass is 10.1. The second-order valence-electron chi connectivity index (χ2n) is 3.19. The van der Waals surface area contributed by atoms with Crippen molar-refractivity contribution in [3.05, 3.63) is 34.9 Å². The minimum absolute atomic E-state index is 0.187. The summed E-state index contributed by atoms with van der Waals surface area (Å²) in [7, 11) is 1.48. The average Bonchev–Trinajstić information content (AvgIpc) is 2.21. The fourth-order valence-corrected chi connectivity index (χ4v) is 1.35. The van der Waals surface area contributed by atoms with E-state index in [1.807, 2.05) is 0 Å². The first-order valence-corrected chi connectivity index (χ1v) is 4.58. The Bertz CT molecular complexity index is 351. The molecule has 0 heterocycles. The Labute approximate surface area is 86.9 Å². The number of methoxy groups -OCH3 is 1. The molecule has 0 atom stereocenters. The predicted molar refractivity (Wildman–Crippen MR) is 51.5 cm³/mol. The molecule has 0 saturated heterocycles. The smallest absolute Gasteiger partial charge is 0.162 e. The standard InChI is InChI=1S/C11H12F2O2/c1-15-7-8-5-9(3-2-4-14)11(13)10(12)6-8/h4-6H,2-3,7H2,1H3. The summed E-state index contributed by atoms with van der Waals surface area (Å²) < 4.78 is 31.1. The molecule has 0 spiro atoms. The molecular formula is C11H12F2O2. The van der Waals surface area contributed by atoms with Crippen LogP contribution in [0.15, 0.2) is 12.1 Å². The molecule has 0 bridgehead atoms. The topological polar surface area (TPSA) is 26.3 Å². The summed E-state index contributed by atoms with van der Waals surface area (Å²) >= 11 is 0. The maximum Gasteiger partial charge on any atom is 0.162 e. The number of hydrogen-bond donors (Lipinski definition) is 0. The molecule has 82 valence electrons. The van der Waals surface area contributed by atoms with Gasteiger partial charge in [-0.2, -0.15) is 0 Å². The van der Waals surface area contributed by atoms with E-state index in [4.69, 9.17) is 4.74 Å². The highest BCUT2D eigenvalue weighted by molar-refractivity contribution is 5.50. The fraction of sp³-hybridized carbons (Fsp3) is 0.364. The van der Waals surface area contributed by atoms with E-state index in [1.165, 1.54) is 13.2 Å². The van der Waals surface area contributed by atoms with Crippen LogP contribution in [0.2, 0.25) is 0 Å². The molecule has 1 rings (SSSR count). The van der Waals surface area contributed by atoms with Gasteiger partial charge in [-0.3, -0.25) is 0 Å². The Morgan fingerprint density at radius 1 is 1.40 bits per heavy atom. The third-order valence-electron chi connectivity index (χ3n) is 2.01. The zero-order valence-electron chi connectivity index (χ0n) is 8.43. The molecule has 0 amide bonds. The number of carbonyl (C=O) groups is 1. The van der Waals surface area contributed by atoms with E-state index >= 15 is 0 Å². The van der Waals surface area contributed by atoms with Gasteiger partial charge >= 0.3 is 0 Å². The molecular weight excluding hydrogens is 202 g/mol. The SMILES string of the molecule is COCc1cc(F)c(F)c(CCC=O)c1. The fourth-order valence-electron chi connectivity index (χ4n) is 1.35. The molecule has 0 aliphatic heterocycles. The second-order valence-corrected chi connectivity index (χ2v) is 3.19. The number of benzene rings is 1. The van der Waals surface area contributed by atoms with Crippen LogP contribution in [0, 0.1) is 11.6 Å². The van der Waals surface area contributed by atoms with Gasteiger partial charge < -0.3 is 9.53 Å². The van der Waals surface area contributed by atoms with Crippen molar-refractivity contribution < 1.29 is 18.3 Å². The van der Waals surface area contributed by atoms with E-state index in [-0.39, 0.29) is 25.0 Å². The zero-order valence-corrected chi connectivity index (χ0v) is 8.43. The first-order chi connectivity index (χ1) is 7.19. The first-order valence-electron chi connectivity index (χ1n) is 4.58. The molecule has 0 aromatic heterocycles. The highest BCUT2D eigenvalue weighted by Crippen LogP contribution is 2.17. The maximum atomic E-state index is 13.2. The lowest BCUT2D eigenvalue weighted by Gasteiger charge is -2.06. The van der Waals surface area contributed by atoms with Crippen LogP contribution in [0.1, 0.15) is 17.5 Å². The van der Waals surface area contributed by atoms with Gasteiger partial charge in [0.15, 0.2) is 11.6 Å². The van der Waals surface area contributed by atoms with Crippen molar-refractivity contribution in [2.24, 2.45) is 0 Å². The molecule has 0 unspecified atom stereocenters. The summed E-state index contributed by atoms with van der Waals surface area (Å²) in [5, 5.41) is 0. The van der Waals surface area contributed by atoms with Crippen LogP contribution in [0.5, 0.6) is 0 Å². The van der Waals surface area contributed by atoms with Gasteiger partial charge in [0.2, 0.25) is 0 Å². The van der Waals surface area contributed by atoms with Crippen LogP contribution in [-0.4, -0.2) is 13.4 Å². The van der Waals surface area contributed by atoms with Crippen molar-refractivity contribution in [3.8, 4) is 0 Å². The Kier molecular flexibility index (Phi) is 4.37. The van der Waals surface area contributed by atoms with Crippen LogP contribution in [0.3, 0.4) is 0 Å². The van der Waals surface area contributed by atoms with Crippen LogP contribution < -0.4 is 0 Å². The Hall–Kier alpha value is -1.29. The van der Waals surface area contributed by atoms with Gasteiger partial charge in [-0.1, -0.05) is 6.07 Å². The van der Waals surface area contributed by atoms with Gasteiger partial charge in [0.1, 0.15) is 6.29 Å². The molecule has 0 saturated carbocycles. The number of aldehydes is 1. The lowest BCUT2D eigenvalue weighted by molar-refractivity contribution is -0.107. The third-order valence-corrected chi connectivity index (χ3v) is 2.01. The van der Waals surface area contributed by atoms with E-state index < -0.39 is 11.6 Å². The van der Waals surface area contributed by atoms with Crippen LogP contribution in [0.25, 0.3) is 0 Å². The van der Waals surface area contributed by atoms with Crippen molar-refractivity contribution in [1.29, 1.82) is 0 Å². The maximum absolute atomic E-state index is 13.2. The van der Waals surface area contributed by atoms with Gasteiger partial charge in [0, 0.05) is 13.5 Å². The number of ether oxygens (including phenoxy) is 1. The minimum Gasteiger partial charge on any atom is -0.380 e. The van der Waals surface area contributed by atoms with Gasteiger partial charge in [-0.25, -0.2) is 8.78 Å². The molecule has 0 aliphatic rings. The van der Waals surface area contributed by atoms with E-state index in [0.717, 1.165) is 6.07 Å². The number of halogens is 2. The summed E-state index contributed by atoms with van der Waals surface area (Å²) in [6.07, 6.45) is 1.08. The highest BCUT2D eigenvalue weighted by atomic mass is 19.2. The Morgan fingerprint density at radius 2 is 2.13 bits per heavy atom. The minimum atomic E-state index is -0.898. The zero-order chi connectivity index (χ0) is 11.3. The van der Waals surface area contributed by atoms with Crippen LogP contribution in [0.4, 0.5) is 8.78 Å². The largest absolute Gasteiger partial charge is 0.380 e. The lowest BCUT2D eigenvalue weighted by Crippen LogP contribution is -1.99. The molecule has 15 heavy (non-hydrogen) atoms. The molecule has 0 aliphatic carbocycles. The number of hydrogen-bond acceptors (Lipinski definition) is 2. The van der Waals surface area contributed by atoms with Crippen LogP contribution >= 0.6 is 0 Å². The number of aryl methyl sites for hydroxylation is 1. The third kappa shape index (κ3) is 3.09. The summed E-state index contributed by atoms with van der Waals surface area (Å²) in [4.78, 5) is 10.1. The van der Waals surface area contributed by atoms with Crippen LogP contribution in [-0.2, 0) is 22.6 Å². The van der Waals surface area contributed by atoms with E-state index in [2.05, 4.69) is 0 Å². The highest BCUT2D eigenvalue weighted by Gasteiger charge is 2.10. The Morgan fingerprint density at radius 3 is 2.73 bits per heavy atom. The summed E-state index contributed by atoms with van der Waals surface area (Å²) in [6, 6.07) is 2.62. The van der Waals surface area contributed by atoms with E-state index in [9.17, 15) is 13.6 Å². The quantitative estimate of drug-likeness (QED) is 0.702. The molecule has 4 heteroatoms. The van der Waals surface area contributed by atoms with Gasteiger partial charge in [0.25, 0.3) is 0 Å². The molecule has 0 fully saturated rings. The molecule has 0 N–H and O–H groups in total. The van der Waals surface area contributed by atoms with Gasteiger partial charge in [-0.15, -0.1) is 0 Å². The monoisotopic (exact) mass is 214 g/mol. The molecule has 0 radical (unpaired) electrons. The van der Waals surface area contributed by atoms with Crippen molar-refractivity contribution in [2.45, 2.75) is 19.4 Å². The van der Waals surface area contributed by atoms with Crippen molar-refractivity contribution in [1.82, 2.24) is 0 Å². The van der Waals surface area contributed by atoms with E-state index in [1.54, 1.807) is 0 Å². The summed E-state index contributed by atoms with van der Waals surface area (Å²) in [6.45, 7) is 0.227. The molecule has 1 aromatic rings. The van der Waals surface area contributed by atoms with Gasteiger partial charge in [-0.05, 0) is 23.6 Å². The summed E-state index contributed by atoms with van der Waals surface area (Å²) in [5.74, 6) is -1.78. The van der Waals surface area contributed by atoms with Crippen molar-refractivity contribution in [2.75, 3.05) is 7.11 Å². The van der Waals surface area contributed by atoms with E-state index in [0.29, 0.717) is 11.8 Å². The normalized spacial score (nSPS) is 10.3. The first kappa shape index (κ1) is 11.8. The summed E-state index contributed by atoms with van der Waals surface area (Å²) in [5.41, 5.74) is 0.784. The predicted octanol–water partition coefficient (Wildman–Crippen LogP) is 2.24.